The fraction of sp³-hybridized carbons (Fsp3) is 0.188. The molecule has 5 heteroatoms. The molecule has 106 valence electrons. The molecule has 1 atom stereocenters. The van der Waals surface area contributed by atoms with Crippen molar-refractivity contribution in [2.24, 2.45) is 0 Å². The predicted octanol–water partition coefficient (Wildman–Crippen LogP) is 3.35. The molecule has 2 N–H and O–H groups in total. The first-order valence-corrected chi connectivity index (χ1v) is 6.88. The molecular formula is C16H17N5. The Kier molecular flexibility index (Phi) is 3.64. The Balaban J connectivity index is 1.75. The van der Waals surface area contributed by atoms with Crippen molar-refractivity contribution in [3.8, 4) is 11.3 Å². The summed E-state index contributed by atoms with van der Waals surface area (Å²) in [7, 11) is 0. The largest absolute Gasteiger partial charge is 0.377 e. The molecule has 0 spiro atoms. The number of H-pyrrole nitrogens is 1. The summed E-state index contributed by atoms with van der Waals surface area (Å²) in [5, 5.41) is 10.4. The lowest BCUT2D eigenvalue weighted by molar-refractivity contribution is 0.810. The third-order valence-electron chi connectivity index (χ3n) is 3.41. The second-order valence-electron chi connectivity index (χ2n) is 4.94. The summed E-state index contributed by atoms with van der Waals surface area (Å²) in [6.07, 6.45) is 5.19. The highest BCUT2D eigenvalue weighted by atomic mass is 15.1. The van der Waals surface area contributed by atoms with Crippen LogP contribution >= 0.6 is 0 Å². The normalized spacial score (nSPS) is 12.1. The van der Waals surface area contributed by atoms with Gasteiger partial charge in [0.15, 0.2) is 0 Å². The molecule has 0 amide bonds. The Morgan fingerprint density at radius 3 is 2.43 bits per heavy atom. The number of aromatic amines is 1. The maximum absolute atomic E-state index is 4.39. The maximum atomic E-state index is 4.39. The molecule has 3 rings (SSSR count). The van der Waals surface area contributed by atoms with E-state index in [-0.39, 0.29) is 6.04 Å². The summed E-state index contributed by atoms with van der Waals surface area (Å²) in [6, 6.07) is 10.3. The van der Waals surface area contributed by atoms with E-state index >= 15 is 0 Å². The highest BCUT2D eigenvalue weighted by molar-refractivity contribution is 5.62. The average molecular weight is 279 g/mol. The molecule has 0 aliphatic heterocycles. The Hall–Kier alpha value is -2.69. The van der Waals surface area contributed by atoms with E-state index in [0.717, 1.165) is 28.3 Å². The van der Waals surface area contributed by atoms with Gasteiger partial charge < -0.3 is 5.32 Å². The van der Waals surface area contributed by atoms with E-state index in [1.54, 1.807) is 18.6 Å². The summed E-state index contributed by atoms with van der Waals surface area (Å²) >= 11 is 0. The van der Waals surface area contributed by atoms with Crippen molar-refractivity contribution in [1.29, 1.82) is 0 Å². The van der Waals surface area contributed by atoms with Gasteiger partial charge in [0.2, 0.25) is 0 Å². The van der Waals surface area contributed by atoms with Gasteiger partial charge in [0.1, 0.15) is 0 Å². The minimum atomic E-state index is 0.108. The van der Waals surface area contributed by atoms with Gasteiger partial charge in [0.25, 0.3) is 0 Å². The quantitative estimate of drug-likeness (QED) is 0.768. The second kappa shape index (κ2) is 5.75. The number of hydrogen-bond acceptors (Lipinski definition) is 4. The molecule has 0 bridgehead atoms. The van der Waals surface area contributed by atoms with Crippen molar-refractivity contribution in [3.63, 3.8) is 0 Å². The van der Waals surface area contributed by atoms with Crippen LogP contribution in [0.2, 0.25) is 0 Å². The van der Waals surface area contributed by atoms with Crippen LogP contribution in [0.5, 0.6) is 0 Å². The summed E-state index contributed by atoms with van der Waals surface area (Å²) in [4.78, 5) is 8.67. The summed E-state index contributed by atoms with van der Waals surface area (Å²) in [5.74, 6) is 0. The molecule has 5 nitrogen and oxygen atoms in total. The molecule has 0 saturated carbocycles. The molecule has 1 aromatic carbocycles. The van der Waals surface area contributed by atoms with Crippen LogP contribution in [0.1, 0.15) is 24.4 Å². The van der Waals surface area contributed by atoms with Gasteiger partial charge in [-0.05, 0) is 37.6 Å². The van der Waals surface area contributed by atoms with Crippen molar-refractivity contribution in [2.45, 2.75) is 19.9 Å². The fourth-order valence-corrected chi connectivity index (χ4v) is 2.32. The van der Waals surface area contributed by atoms with Gasteiger partial charge in [0, 0.05) is 24.3 Å². The van der Waals surface area contributed by atoms with Gasteiger partial charge in [-0.15, -0.1) is 0 Å². The topological polar surface area (TPSA) is 66.5 Å². The molecule has 0 radical (unpaired) electrons. The standard InChI is InChI=1S/C16H17N5/c1-11-16(18-10-9-17-11)12(2)20-14-5-3-13(4-6-14)15-7-8-19-21-15/h3-10,12,20H,1-2H3,(H,19,21). The van der Waals surface area contributed by atoms with E-state index in [9.17, 15) is 0 Å². The molecule has 0 aliphatic rings. The Bertz CT molecular complexity index is 704. The van der Waals surface area contributed by atoms with Crippen molar-refractivity contribution in [2.75, 3.05) is 5.32 Å². The molecule has 0 fully saturated rings. The first kappa shape index (κ1) is 13.3. The first-order valence-electron chi connectivity index (χ1n) is 6.88. The summed E-state index contributed by atoms with van der Waals surface area (Å²) in [6.45, 7) is 4.06. The number of nitrogens with one attached hydrogen (secondary N) is 2. The highest BCUT2D eigenvalue weighted by Crippen LogP contribution is 2.22. The maximum Gasteiger partial charge on any atom is 0.0835 e. The van der Waals surface area contributed by atoms with E-state index in [2.05, 4.69) is 56.7 Å². The number of benzene rings is 1. The van der Waals surface area contributed by atoms with Crippen LogP contribution in [0.25, 0.3) is 11.3 Å². The molecule has 3 aromatic rings. The summed E-state index contributed by atoms with van der Waals surface area (Å²) in [5.41, 5.74) is 5.10. The lowest BCUT2D eigenvalue weighted by Crippen LogP contribution is -2.10. The monoisotopic (exact) mass is 279 g/mol. The molecule has 2 heterocycles. The highest BCUT2D eigenvalue weighted by Gasteiger charge is 2.10. The van der Waals surface area contributed by atoms with Crippen molar-refractivity contribution < 1.29 is 0 Å². The van der Waals surface area contributed by atoms with E-state index < -0.39 is 0 Å². The van der Waals surface area contributed by atoms with Crippen LogP contribution in [0.3, 0.4) is 0 Å². The van der Waals surface area contributed by atoms with E-state index in [4.69, 9.17) is 0 Å². The van der Waals surface area contributed by atoms with Gasteiger partial charge in [-0.25, -0.2) is 0 Å². The van der Waals surface area contributed by atoms with Crippen molar-refractivity contribution in [3.05, 3.63) is 60.3 Å². The van der Waals surface area contributed by atoms with Gasteiger partial charge >= 0.3 is 0 Å². The average Bonchev–Trinajstić information content (AvgIpc) is 3.02. The van der Waals surface area contributed by atoms with Gasteiger partial charge in [-0.3, -0.25) is 15.1 Å². The zero-order chi connectivity index (χ0) is 14.7. The molecule has 21 heavy (non-hydrogen) atoms. The number of nitrogens with zero attached hydrogens (tertiary/aromatic N) is 3. The van der Waals surface area contributed by atoms with Crippen LogP contribution < -0.4 is 5.32 Å². The second-order valence-corrected chi connectivity index (χ2v) is 4.94. The molecule has 0 saturated heterocycles. The zero-order valence-electron chi connectivity index (χ0n) is 12.0. The number of aromatic nitrogens is 4. The Labute approximate surface area is 123 Å². The lowest BCUT2D eigenvalue weighted by Gasteiger charge is -2.16. The fourth-order valence-electron chi connectivity index (χ4n) is 2.32. The van der Waals surface area contributed by atoms with Crippen LogP contribution in [-0.4, -0.2) is 20.2 Å². The molecule has 0 aliphatic carbocycles. The Morgan fingerprint density at radius 2 is 1.76 bits per heavy atom. The first-order chi connectivity index (χ1) is 10.2. The van der Waals surface area contributed by atoms with Crippen LogP contribution in [0, 0.1) is 6.92 Å². The van der Waals surface area contributed by atoms with Gasteiger partial charge in [-0.2, -0.15) is 5.10 Å². The third kappa shape index (κ3) is 2.91. The van der Waals surface area contributed by atoms with E-state index in [1.807, 2.05) is 13.0 Å². The SMILES string of the molecule is Cc1nccnc1C(C)Nc1ccc(-c2ccn[nH]2)cc1. The molecular weight excluding hydrogens is 262 g/mol. The van der Waals surface area contributed by atoms with E-state index in [0.29, 0.717) is 0 Å². The third-order valence-corrected chi connectivity index (χ3v) is 3.41. The molecule has 1 unspecified atom stereocenters. The van der Waals surface area contributed by atoms with Crippen molar-refractivity contribution >= 4 is 5.69 Å². The van der Waals surface area contributed by atoms with Crippen LogP contribution in [-0.2, 0) is 0 Å². The smallest absolute Gasteiger partial charge is 0.0835 e. The van der Waals surface area contributed by atoms with Gasteiger partial charge in [0.05, 0.1) is 23.1 Å². The minimum absolute atomic E-state index is 0.108. The van der Waals surface area contributed by atoms with Gasteiger partial charge in [-0.1, -0.05) is 12.1 Å². The number of aryl methyl sites for hydroxylation is 1. The summed E-state index contributed by atoms with van der Waals surface area (Å²) < 4.78 is 0. The number of anilines is 1. The number of rotatable bonds is 4. The van der Waals surface area contributed by atoms with Crippen molar-refractivity contribution in [1.82, 2.24) is 20.2 Å². The predicted molar refractivity (Wildman–Crippen MR) is 82.8 cm³/mol. The van der Waals surface area contributed by atoms with Crippen LogP contribution in [0.4, 0.5) is 5.69 Å². The lowest BCUT2D eigenvalue weighted by atomic mass is 10.1. The van der Waals surface area contributed by atoms with Crippen LogP contribution in [0.15, 0.2) is 48.9 Å². The zero-order valence-corrected chi connectivity index (χ0v) is 12.0. The number of hydrogen-bond donors (Lipinski definition) is 2. The minimum Gasteiger partial charge on any atom is -0.377 e. The Morgan fingerprint density at radius 1 is 1.00 bits per heavy atom. The molecule has 2 aromatic heterocycles. The van der Waals surface area contributed by atoms with E-state index in [1.165, 1.54) is 0 Å².